The Labute approximate surface area is 117 Å². The van der Waals surface area contributed by atoms with Crippen LogP contribution in [0.25, 0.3) is 0 Å². The van der Waals surface area contributed by atoms with Crippen molar-refractivity contribution in [3.05, 3.63) is 35.4 Å². The molecule has 0 aliphatic heterocycles. The van der Waals surface area contributed by atoms with Crippen LogP contribution in [0.2, 0.25) is 0 Å². The number of unbranched alkanes of at least 4 members (excludes halogenated alkanes) is 1. The van der Waals surface area contributed by atoms with Gasteiger partial charge >= 0.3 is 0 Å². The van der Waals surface area contributed by atoms with Crippen LogP contribution in [0.5, 0.6) is 0 Å². The molecule has 0 spiro atoms. The van der Waals surface area contributed by atoms with Gasteiger partial charge in [-0.1, -0.05) is 38.1 Å². The summed E-state index contributed by atoms with van der Waals surface area (Å²) in [6, 6.07) is 9.34. The van der Waals surface area contributed by atoms with Crippen LogP contribution in [0.4, 0.5) is 0 Å². The molecule has 19 heavy (non-hydrogen) atoms. The topological polar surface area (TPSA) is 21.3 Å². The predicted molar refractivity (Wildman–Crippen MR) is 80.4 cm³/mol. The van der Waals surface area contributed by atoms with E-state index in [1.54, 1.807) is 0 Å². The molecule has 2 rings (SSSR count). The Morgan fingerprint density at radius 3 is 2.95 bits per heavy atom. The Hall–Kier alpha value is -0.860. The highest BCUT2D eigenvalue weighted by Crippen LogP contribution is 2.32. The second kappa shape index (κ2) is 7.66. The molecule has 0 radical (unpaired) electrons. The number of hydrogen-bond acceptors (Lipinski definition) is 2. The maximum absolute atomic E-state index is 6.09. The van der Waals surface area contributed by atoms with E-state index < -0.39 is 0 Å². The summed E-state index contributed by atoms with van der Waals surface area (Å²) in [5, 5.41) is 3.44. The van der Waals surface area contributed by atoms with E-state index in [0.717, 1.165) is 19.6 Å². The quantitative estimate of drug-likeness (QED) is 0.753. The number of fused-ring (bicyclic) bond motifs is 1. The molecule has 106 valence electrons. The number of hydrogen-bond donors (Lipinski definition) is 1. The number of ether oxygens (including phenoxy) is 1. The zero-order valence-electron chi connectivity index (χ0n) is 12.3. The van der Waals surface area contributed by atoms with Crippen LogP contribution in [0, 0.1) is 0 Å². The molecule has 0 bridgehead atoms. The third-order valence-electron chi connectivity index (χ3n) is 3.76. The Balaban J connectivity index is 1.70. The van der Waals surface area contributed by atoms with Crippen molar-refractivity contribution in [2.75, 3.05) is 13.2 Å². The molecule has 0 fully saturated rings. The molecule has 2 nitrogen and oxygen atoms in total. The van der Waals surface area contributed by atoms with Gasteiger partial charge in [0.2, 0.25) is 0 Å². The lowest BCUT2D eigenvalue weighted by molar-refractivity contribution is 0.0384. The lowest BCUT2D eigenvalue weighted by Crippen LogP contribution is -2.23. The van der Waals surface area contributed by atoms with Gasteiger partial charge in [0.1, 0.15) is 0 Å². The average molecular weight is 261 g/mol. The fourth-order valence-electron chi connectivity index (χ4n) is 2.73. The van der Waals surface area contributed by atoms with Crippen LogP contribution in [-0.2, 0) is 11.2 Å². The zero-order chi connectivity index (χ0) is 13.5. The normalized spacial score (nSPS) is 18.6. The molecular weight excluding hydrogens is 234 g/mol. The Kier molecular flexibility index (Phi) is 5.87. The van der Waals surface area contributed by atoms with Crippen molar-refractivity contribution in [2.24, 2.45) is 0 Å². The molecule has 1 N–H and O–H groups in total. The summed E-state index contributed by atoms with van der Waals surface area (Å²) in [7, 11) is 0. The minimum Gasteiger partial charge on any atom is -0.374 e. The number of benzene rings is 1. The third kappa shape index (κ3) is 4.63. The molecule has 1 aliphatic carbocycles. The zero-order valence-corrected chi connectivity index (χ0v) is 12.3. The number of rotatable bonds is 7. The summed E-state index contributed by atoms with van der Waals surface area (Å²) in [6.07, 6.45) is 6.35. The van der Waals surface area contributed by atoms with Gasteiger partial charge in [0.25, 0.3) is 0 Å². The van der Waals surface area contributed by atoms with Gasteiger partial charge in [-0.05, 0) is 49.8 Å². The lowest BCUT2D eigenvalue weighted by Gasteiger charge is -2.25. The highest BCUT2D eigenvalue weighted by molar-refractivity contribution is 5.31. The van der Waals surface area contributed by atoms with Crippen molar-refractivity contribution >= 4 is 0 Å². The van der Waals surface area contributed by atoms with E-state index in [0.29, 0.717) is 12.1 Å². The summed E-state index contributed by atoms with van der Waals surface area (Å²) in [5.74, 6) is 0. The molecular formula is C17H27NO. The fraction of sp³-hybridized carbons (Fsp3) is 0.647. The fourth-order valence-corrected chi connectivity index (χ4v) is 2.73. The second-order valence-corrected chi connectivity index (χ2v) is 5.77. The van der Waals surface area contributed by atoms with E-state index in [1.165, 1.54) is 36.8 Å². The molecule has 1 unspecified atom stereocenters. The molecule has 0 heterocycles. The van der Waals surface area contributed by atoms with Gasteiger partial charge in [-0.3, -0.25) is 0 Å². The molecule has 2 heteroatoms. The van der Waals surface area contributed by atoms with Crippen LogP contribution in [0.3, 0.4) is 0 Å². The van der Waals surface area contributed by atoms with Crippen molar-refractivity contribution in [2.45, 2.75) is 58.1 Å². The molecule has 0 saturated heterocycles. The monoisotopic (exact) mass is 261 g/mol. The minimum atomic E-state index is 0.336. The van der Waals surface area contributed by atoms with E-state index in [-0.39, 0.29) is 0 Å². The highest BCUT2D eigenvalue weighted by Gasteiger charge is 2.19. The van der Waals surface area contributed by atoms with Crippen molar-refractivity contribution in [3.8, 4) is 0 Å². The molecule has 1 aliphatic rings. The summed E-state index contributed by atoms with van der Waals surface area (Å²) in [6.45, 7) is 6.37. The second-order valence-electron chi connectivity index (χ2n) is 5.77. The first-order chi connectivity index (χ1) is 9.27. The first-order valence-electron chi connectivity index (χ1n) is 7.70. The lowest BCUT2D eigenvalue weighted by atomic mass is 9.89. The van der Waals surface area contributed by atoms with Crippen molar-refractivity contribution in [1.82, 2.24) is 5.32 Å². The first-order valence-corrected chi connectivity index (χ1v) is 7.70. The van der Waals surface area contributed by atoms with Gasteiger partial charge in [-0.2, -0.15) is 0 Å². The van der Waals surface area contributed by atoms with E-state index in [1.807, 2.05) is 0 Å². The van der Waals surface area contributed by atoms with E-state index >= 15 is 0 Å². The van der Waals surface area contributed by atoms with Gasteiger partial charge in [0, 0.05) is 12.6 Å². The van der Waals surface area contributed by atoms with Crippen LogP contribution >= 0.6 is 0 Å². The van der Waals surface area contributed by atoms with Gasteiger partial charge in [0.05, 0.1) is 6.10 Å². The van der Waals surface area contributed by atoms with E-state index in [2.05, 4.69) is 43.4 Å². The van der Waals surface area contributed by atoms with Crippen molar-refractivity contribution < 1.29 is 4.74 Å². The number of aryl methyl sites for hydroxylation is 1. The van der Waals surface area contributed by atoms with Crippen LogP contribution in [0.1, 0.15) is 56.8 Å². The first kappa shape index (κ1) is 14.5. The minimum absolute atomic E-state index is 0.336. The molecule has 1 aromatic carbocycles. The molecule has 0 saturated carbocycles. The van der Waals surface area contributed by atoms with E-state index in [9.17, 15) is 0 Å². The van der Waals surface area contributed by atoms with Crippen molar-refractivity contribution in [3.63, 3.8) is 0 Å². The SMILES string of the molecule is CC(C)NCCCCOC1CCCc2ccccc21. The average Bonchev–Trinajstić information content (AvgIpc) is 2.42. The summed E-state index contributed by atoms with van der Waals surface area (Å²) in [4.78, 5) is 0. The smallest absolute Gasteiger partial charge is 0.0827 e. The predicted octanol–water partition coefficient (Wildman–Crippen LogP) is 3.86. The number of nitrogens with one attached hydrogen (secondary N) is 1. The van der Waals surface area contributed by atoms with Gasteiger partial charge in [-0.25, -0.2) is 0 Å². The molecule has 1 atom stereocenters. The summed E-state index contributed by atoms with van der Waals surface area (Å²) in [5.41, 5.74) is 2.91. The Morgan fingerprint density at radius 1 is 1.26 bits per heavy atom. The molecule has 0 amide bonds. The third-order valence-corrected chi connectivity index (χ3v) is 3.76. The summed E-state index contributed by atoms with van der Waals surface area (Å²) < 4.78 is 6.09. The molecule has 0 aromatic heterocycles. The largest absolute Gasteiger partial charge is 0.374 e. The van der Waals surface area contributed by atoms with Crippen molar-refractivity contribution in [1.29, 1.82) is 0 Å². The molecule has 1 aromatic rings. The standard InChI is InChI=1S/C17H27NO/c1-14(2)18-12-5-6-13-19-17-11-7-9-15-8-3-4-10-16(15)17/h3-4,8,10,14,17-18H,5-7,9,11-13H2,1-2H3. The summed E-state index contributed by atoms with van der Waals surface area (Å²) >= 11 is 0. The van der Waals surface area contributed by atoms with Crippen LogP contribution < -0.4 is 5.32 Å². The Morgan fingerprint density at radius 2 is 2.11 bits per heavy atom. The Bertz CT molecular complexity index is 375. The van der Waals surface area contributed by atoms with E-state index in [4.69, 9.17) is 4.74 Å². The van der Waals surface area contributed by atoms with Crippen LogP contribution in [0.15, 0.2) is 24.3 Å². The van der Waals surface area contributed by atoms with Crippen LogP contribution in [-0.4, -0.2) is 19.2 Å². The van der Waals surface area contributed by atoms with Gasteiger partial charge in [-0.15, -0.1) is 0 Å². The highest BCUT2D eigenvalue weighted by atomic mass is 16.5. The maximum Gasteiger partial charge on any atom is 0.0827 e. The van der Waals surface area contributed by atoms with Gasteiger partial charge < -0.3 is 10.1 Å². The maximum atomic E-state index is 6.09. The van der Waals surface area contributed by atoms with Gasteiger partial charge in [0.15, 0.2) is 0 Å².